The molecule has 1 amide bonds. The van der Waals surface area contributed by atoms with Crippen LogP contribution >= 0.6 is 11.6 Å². The van der Waals surface area contributed by atoms with Crippen LogP contribution in [0.25, 0.3) is 0 Å². The van der Waals surface area contributed by atoms with Crippen molar-refractivity contribution in [3.8, 4) is 0 Å². The van der Waals surface area contributed by atoms with E-state index < -0.39 is 17.6 Å². The second-order valence-corrected chi connectivity index (χ2v) is 6.32. The van der Waals surface area contributed by atoms with Gasteiger partial charge < -0.3 is 10.6 Å². The molecule has 0 saturated carbocycles. The van der Waals surface area contributed by atoms with E-state index in [0.29, 0.717) is 18.5 Å². The lowest BCUT2D eigenvalue weighted by Crippen LogP contribution is -2.53. The van der Waals surface area contributed by atoms with Crippen molar-refractivity contribution >= 4 is 23.3 Å². The van der Waals surface area contributed by atoms with Crippen LogP contribution in [-0.4, -0.2) is 53.7 Å². The Bertz CT molecular complexity index is 552. The van der Waals surface area contributed by atoms with Crippen LogP contribution in [0.2, 0.25) is 0 Å². The van der Waals surface area contributed by atoms with Gasteiger partial charge in [-0.15, -0.1) is 11.6 Å². The SMILES string of the molecule is CCN(CC)CCC(N)C(=O)C(C)(CCl)ONC(=O)c1ccccc1. The van der Waals surface area contributed by atoms with E-state index in [2.05, 4.69) is 24.2 Å². The number of rotatable bonds is 11. The van der Waals surface area contributed by atoms with Gasteiger partial charge in [0.25, 0.3) is 5.91 Å². The Balaban J connectivity index is 2.64. The maximum atomic E-state index is 12.6. The summed E-state index contributed by atoms with van der Waals surface area (Å²) in [6, 6.07) is 7.87. The maximum absolute atomic E-state index is 12.6. The number of hydroxylamine groups is 1. The molecule has 0 aliphatic rings. The molecule has 25 heavy (non-hydrogen) atoms. The third kappa shape index (κ3) is 6.40. The molecule has 0 aliphatic heterocycles. The molecule has 0 spiro atoms. The zero-order valence-electron chi connectivity index (χ0n) is 15.1. The highest BCUT2D eigenvalue weighted by Crippen LogP contribution is 2.16. The minimum Gasteiger partial charge on any atom is -0.321 e. The van der Waals surface area contributed by atoms with E-state index >= 15 is 0 Å². The fourth-order valence-corrected chi connectivity index (χ4v) is 2.52. The fraction of sp³-hybridized carbons (Fsp3) is 0.556. The van der Waals surface area contributed by atoms with Crippen molar-refractivity contribution < 1.29 is 14.4 Å². The largest absolute Gasteiger partial charge is 0.321 e. The number of halogens is 1. The van der Waals surface area contributed by atoms with Crippen LogP contribution in [0.15, 0.2) is 30.3 Å². The Hall–Kier alpha value is -1.47. The Labute approximate surface area is 154 Å². The predicted molar refractivity (Wildman–Crippen MR) is 99.5 cm³/mol. The molecule has 0 aromatic heterocycles. The lowest BCUT2D eigenvalue weighted by atomic mass is 9.95. The number of alkyl halides is 1. The Morgan fingerprint density at radius 1 is 1.28 bits per heavy atom. The van der Waals surface area contributed by atoms with Crippen LogP contribution in [0.5, 0.6) is 0 Å². The zero-order valence-corrected chi connectivity index (χ0v) is 15.9. The first-order valence-corrected chi connectivity index (χ1v) is 9.03. The highest BCUT2D eigenvalue weighted by atomic mass is 35.5. The lowest BCUT2D eigenvalue weighted by molar-refractivity contribution is -0.148. The highest BCUT2D eigenvalue weighted by Gasteiger charge is 2.38. The number of carbonyl (C=O) groups is 2. The lowest BCUT2D eigenvalue weighted by Gasteiger charge is -2.29. The minimum atomic E-state index is -1.38. The van der Waals surface area contributed by atoms with Gasteiger partial charge in [0.2, 0.25) is 0 Å². The van der Waals surface area contributed by atoms with Gasteiger partial charge in [-0.1, -0.05) is 32.0 Å². The predicted octanol–water partition coefficient (Wildman–Crippen LogP) is 1.97. The summed E-state index contributed by atoms with van der Waals surface area (Å²) in [7, 11) is 0. The third-order valence-electron chi connectivity index (χ3n) is 4.17. The maximum Gasteiger partial charge on any atom is 0.274 e. The van der Waals surface area contributed by atoms with Crippen LogP contribution < -0.4 is 11.2 Å². The van der Waals surface area contributed by atoms with Gasteiger partial charge in [-0.05, 0) is 38.6 Å². The quantitative estimate of drug-likeness (QED) is 0.460. The number of Topliss-reactive ketones (excluding diaryl/α,β-unsaturated/α-hetero) is 1. The molecule has 1 rings (SSSR count). The molecule has 0 fully saturated rings. The molecular formula is C18H28ClN3O3. The van der Waals surface area contributed by atoms with Gasteiger partial charge in [-0.25, -0.2) is 5.48 Å². The van der Waals surface area contributed by atoms with Crippen molar-refractivity contribution in [3.05, 3.63) is 35.9 Å². The first kappa shape index (κ1) is 21.6. The van der Waals surface area contributed by atoms with E-state index in [1.165, 1.54) is 6.92 Å². The molecule has 0 saturated heterocycles. The number of benzene rings is 1. The Kier molecular flexibility index (Phi) is 9.06. The average Bonchev–Trinajstić information content (AvgIpc) is 2.66. The van der Waals surface area contributed by atoms with E-state index in [9.17, 15) is 9.59 Å². The van der Waals surface area contributed by atoms with Gasteiger partial charge in [0, 0.05) is 12.1 Å². The number of nitrogens with two attached hydrogens (primary N) is 1. The molecule has 0 bridgehead atoms. The van der Waals surface area contributed by atoms with E-state index in [0.717, 1.165) is 13.1 Å². The van der Waals surface area contributed by atoms with Gasteiger partial charge in [-0.2, -0.15) is 0 Å². The minimum absolute atomic E-state index is 0.111. The topological polar surface area (TPSA) is 84.7 Å². The first-order chi connectivity index (χ1) is 11.9. The van der Waals surface area contributed by atoms with Crippen molar-refractivity contribution in [2.75, 3.05) is 25.5 Å². The third-order valence-corrected chi connectivity index (χ3v) is 4.68. The van der Waals surface area contributed by atoms with Crippen LogP contribution in [0, 0.1) is 0 Å². The number of nitrogens with zero attached hydrogens (tertiary/aromatic N) is 1. The molecule has 0 aliphatic carbocycles. The molecule has 7 heteroatoms. The normalized spacial score (nSPS) is 14.8. The van der Waals surface area contributed by atoms with Crippen molar-refractivity contribution in [1.82, 2.24) is 10.4 Å². The number of nitrogens with one attached hydrogen (secondary N) is 1. The zero-order chi connectivity index (χ0) is 18.9. The Morgan fingerprint density at radius 2 is 1.88 bits per heavy atom. The van der Waals surface area contributed by atoms with Crippen molar-refractivity contribution in [1.29, 1.82) is 0 Å². The van der Waals surface area contributed by atoms with Gasteiger partial charge in [0.05, 0.1) is 11.9 Å². The van der Waals surface area contributed by atoms with E-state index in [4.69, 9.17) is 22.2 Å². The van der Waals surface area contributed by atoms with Crippen molar-refractivity contribution in [3.63, 3.8) is 0 Å². The number of carbonyl (C=O) groups excluding carboxylic acids is 2. The number of hydrogen-bond acceptors (Lipinski definition) is 5. The van der Waals surface area contributed by atoms with Gasteiger partial charge >= 0.3 is 0 Å². The Morgan fingerprint density at radius 3 is 2.40 bits per heavy atom. The second-order valence-electron chi connectivity index (χ2n) is 6.05. The molecule has 3 N–H and O–H groups in total. The molecule has 2 atom stereocenters. The first-order valence-electron chi connectivity index (χ1n) is 8.49. The average molecular weight is 370 g/mol. The molecule has 1 aromatic rings. The summed E-state index contributed by atoms with van der Waals surface area (Å²) in [6.07, 6.45) is 0.503. The van der Waals surface area contributed by atoms with Crippen LogP contribution in [-0.2, 0) is 9.63 Å². The molecule has 0 radical (unpaired) electrons. The van der Waals surface area contributed by atoms with E-state index in [-0.39, 0.29) is 11.7 Å². The molecule has 2 unspecified atom stereocenters. The van der Waals surface area contributed by atoms with Crippen LogP contribution in [0.4, 0.5) is 0 Å². The summed E-state index contributed by atoms with van der Waals surface area (Å²) < 4.78 is 0. The molecule has 6 nitrogen and oxygen atoms in total. The summed E-state index contributed by atoms with van der Waals surface area (Å²) >= 11 is 5.93. The summed E-state index contributed by atoms with van der Waals surface area (Å²) in [4.78, 5) is 32.2. The second kappa shape index (κ2) is 10.5. The fourth-order valence-electron chi connectivity index (χ4n) is 2.34. The smallest absolute Gasteiger partial charge is 0.274 e. The summed E-state index contributed by atoms with van der Waals surface area (Å²) in [5.41, 5.74) is 7.38. The molecule has 1 aromatic carbocycles. The molecule has 140 valence electrons. The van der Waals surface area contributed by atoms with E-state index in [1.54, 1.807) is 30.3 Å². The number of amides is 1. The molecule has 0 heterocycles. The van der Waals surface area contributed by atoms with Gasteiger partial charge in [0.1, 0.15) is 0 Å². The summed E-state index contributed by atoms with van der Waals surface area (Å²) in [5.74, 6) is -0.885. The summed E-state index contributed by atoms with van der Waals surface area (Å²) in [5, 5.41) is 0. The number of ketones is 1. The van der Waals surface area contributed by atoms with Crippen LogP contribution in [0.1, 0.15) is 37.6 Å². The monoisotopic (exact) mass is 369 g/mol. The van der Waals surface area contributed by atoms with E-state index in [1.807, 2.05) is 0 Å². The highest BCUT2D eigenvalue weighted by molar-refractivity contribution is 6.20. The van der Waals surface area contributed by atoms with Gasteiger partial charge in [0.15, 0.2) is 11.4 Å². The van der Waals surface area contributed by atoms with Crippen molar-refractivity contribution in [2.24, 2.45) is 5.73 Å². The van der Waals surface area contributed by atoms with Crippen LogP contribution in [0.3, 0.4) is 0 Å². The van der Waals surface area contributed by atoms with Crippen molar-refractivity contribution in [2.45, 2.75) is 38.8 Å². The summed E-state index contributed by atoms with van der Waals surface area (Å²) in [6.45, 7) is 8.16. The standard InChI is InChI=1S/C18H28ClN3O3/c1-4-22(5-2)12-11-15(20)16(23)18(3,13-19)25-21-17(24)14-9-7-6-8-10-14/h6-10,15H,4-5,11-13,20H2,1-3H3,(H,21,24). The van der Waals surface area contributed by atoms with Gasteiger partial charge in [-0.3, -0.25) is 14.4 Å². The number of hydrogen-bond donors (Lipinski definition) is 2. The molecular weight excluding hydrogens is 342 g/mol.